The summed E-state index contributed by atoms with van der Waals surface area (Å²) in [4.78, 5) is 0. The second-order valence-corrected chi connectivity index (χ2v) is 5.41. The average molecular weight is 275 g/mol. The van der Waals surface area contributed by atoms with Gasteiger partial charge in [0.1, 0.15) is 0 Å². The van der Waals surface area contributed by atoms with Gasteiger partial charge in [-0.25, -0.2) is 0 Å². The van der Waals surface area contributed by atoms with Gasteiger partial charge in [-0.2, -0.15) is 0 Å². The van der Waals surface area contributed by atoms with Gasteiger partial charge in [-0.05, 0) is 25.0 Å². The van der Waals surface area contributed by atoms with Crippen molar-refractivity contribution in [1.29, 1.82) is 0 Å². The highest BCUT2D eigenvalue weighted by atomic mass is 35.5. The van der Waals surface area contributed by atoms with Crippen LogP contribution >= 0.6 is 23.2 Å². The molecule has 1 aromatic carbocycles. The molecule has 1 aliphatic rings. The Labute approximate surface area is 111 Å². The van der Waals surface area contributed by atoms with Gasteiger partial charge < -0.3 is 9.84 Å². The number of benzene rings is 1. The predicted octanol–water partition coefficient (Wildman–Crippen LogP) is 3.32. The van der Waals surface area contributed by atoms with Crippen molar-refractivity contribution in [2.75, 3.05) is 6.61 Å². The average Bonchev–Trinajstić information content (AvgIpc) is 2.72. The maximum atomic E-state index is 10.2. The molecule has 0 saturated carbocycles. The third kappa shape index (κ3) is 3.14. The Bertz CT molecular complexity index is 395. The van der Waals surface area contributed by atoms with Crippen LogP contribution in [0.15, 0.2) is 18.2 Å². The van der Waals surface area contributed by atoms with Crippen LogP contribution in [0.25, 0.3) is 0 Å². The molecule has 4 heteroatoms. The maximum absolute atomic E-state index is 10.2. The fourth-order valence-electron chi connectivity index (χ4n) is 2.22. The summed E-state index contributed by atoms with van der Waals surface area (Å²) in [6, 6.07) is 5.50. The van der Waals surface area contributed by atoms with Crippen LogP contribution in [0, 0.1) is 5.92 Å². The number of rotatable bonds is 3. The van der Waals surface area contributed by atoms with E-state index in [2.05, 4.69) is 0 Å². The standard InChI is InChI=1S/C13H16Cl2O2/c1-8-5-10(7-17-8)12(16)6-9-3-2-4-11(14)13(9)15/h2-4,8,10,12,16H,5-7H2,1H3. The zero-order chi connectivity index (χ0) is 12.4. The quantitative estimate of drug-likeness (QED) is 0.917. The molecule has 2 rings (SSSR count). The second-order valence-electron chi connectivity index (χ2n) is 4.62. The van der Waals surface area contributed by atoms with Crippen molar-refractivity contribution in [1.82, 2.24) is 0 Å². The monoisotopic (exact) mass is 274 g/mol. The lowest BCUT2D eigenvalue weighted by Crippen LogP contribution is -2.23. The summed E-state index contributed by atoms with van der Waals surface area (Å²) in [5.41, 5.74) is 0.895. The summed E-state index contributed by atoms with van der Waals surface area (Å²) >= 11 is 12.0. The van der Waals surface area contributed by atoms with Crippen molar-refractivity contribution in [3.05, 3.63) is 33.8 Å². The highest BCUT2D eigenvalue weighted by Crippen LogP contribution is 2.29. The Kier molecular flexibility index (Phi) is 4.31. The maximum Gasteiger partial charge on any atom is 0.0632 e. The van der Waals surface area contributed by atoms with Crippen LogP contribution < -0.4 is 0 Å². The lowest BCUT2D eigenvalue weighted by atomic mass is 9.94. The Morgan fingerprint density at radius 3 is 2.88 bits per heavy atom. The second kappa shape index (κ2) is 5.57. The molecule has 1 saturated heterocycles. The summed E-state index contributed by atoms with van der Waals surface area (Å²) < 4.78 is 5.46. The number of aliphatic hydroxyl groups is 1. The molecule has 1 fully saturated rings. The van der Waals surface area contributed by atoms with Gasteiger partial charge in [0.2, 0.25) is 0 Å². The molecular formula is C13H16Cl2O2. The van der Waals surface area contributed by atoms with E-state index in [4.69, 9.17) is 27.9 Å². The predicted molar refractivity (Wildman–Crippen MR) is 69.7 cm³/mol. The normalized spacial score (nSPS) is 26.1. The van der Waals surface area contributed by atoms with Gasteiger partial charge in [-0.3, -0.25) is 0 Å². The molecular weight excluding hydrogens is 259 g/mol. The first-order valence-electron chi connectivity index (χ1n) is 5.80. The highest BCUT2D eigenvalue weighted by Gasteiger charge is 2.28. The summed E-state index contributed by atoms with van der Waals surface area (Å²) in [5, 5.41) is 11.2. The van der Waals surface area contributed by atoms with E-state index in [-0.39, 0.29) is 12.0 Å². The zero-order valence-electron chi connectivity index (χ0n) is 9.70. The summed E-state index contributed by atoms with van der Waals surface area (Å²) in [5.74, 6) is 0.194. The van der Waals surface area contributed by atoms with Crippen LogP contribution in [0.3, 0.4) is 0 Å². The van der Waals surface area contributed by atoms with Crippen molar-refractivity contribution < 1.29 is 9.84 Å². The van der Waals surface area contributed by atoms with E-state index in [9.17, 15) is 5.11 Å². The van der Waals surface area contributed by atoms with Crippen molar-refractivity contribution in [2.24, 2.45) is 5.92 Å². The first-order chi connectivity index (χ1) is 8.08. The van der Waals surface area contributed by atoms with Gasteiger partial charge in [0, 0.05) is 12.3 Å². The molecule has 1 N–H and O–H groups in total. The van der Waals surface area contributed by atoms with Gasteiger partial charge in [-0.15, -0.1) is 0 Å². The van der Waals surface area contributed by atoms with Gasteiger partial charge >= 0.3 is 0 Å². The van der Waals surface area contributed by atoms with E-state index >= 15 is 0 Å². The van der Waals surface area contributed by atoms with Gasteiger partial charge in [0.05, 0.1) is 28.9 Å². The topological polar surface area (TPSA) is 29.5 Å². The van der Waals surface area contributed by atoms with Crippen molar-refractivity contribution >= 4 is 23.2 Å². The molecule has 3 unspecified atom stereocenters. The van der Waals surface area contributed by atoms with E-state index in [0.29, 0.717) is 23.1 Å². The van der Waals surface area contributed by atoms with Crippen LogP contribution in [0.4, 0.5) is 0 Å². The Morgan fingerprint density at radius 2 is 2.24 bits per heavy atom. The summed E-state index contributed by atoms with van der Waals surface area (Å²) in [6.45, 7) is 2.65. The van der Waals surface area contributed by atoms with E-state index in [0.717, 1.165) is 12.0 Å². The first-order valence-corrected chi connectivity index (χ1v) is 6.56. The van der Waals surface area contributed by atoms with E-state index in [1.807, 2.05) is 19.1 Å². The molecule has 0 amide bonds. The fourth-order valence-corrected chi connectivity index (χ4v) is 2.61. The van der Waals surface area contributed by atoms with Crippen LogP contribution in [-0.4, -0.2) is 23.9 Å². The molecule has 17 heavy (non-hydrogen) atoms. The third-order valence-electron chi connectivity index (χ3n) is 3.23. The molecule has 2 nitrogen and oxygen atoms in total. The summed E-state index contributed by atoms with van der Waals surface area (Å²) in [7, 11) is 0. The number of hydrogen-bond acceptors (Lipinski definition) is 2. The molecule has 1 aliphatic heterocycles. The van der Waals surface area contributed by atoms with Crippen LogP contribution in [-0.2, 0) is 11.2 Å². The molecule has 0 aliphatic carbocycles. The van der Waals surface area contributed by atoms with Crippen molar-refractivity contribution in [3.8, 4) is 0 Å². The highest BCUT2D eigenvalue weighted by molar-refractivity contribution is 6.42. The molecule has 1 aromatic rings. The lowest BCUT2D eigenvalue weighted by molar-refractivity contribution is 0.0807. The Morgan fingerprint density at radius 1 is 1.47 bits per heavy atom. The minimum absolute atomic E-state index is 0.194. The number of aliphatic hydroxyl groups excluding tert-OH is 1. The van der Waals surface area contributed by atoms with E-state index in [1.54, 1.807) is 6.07 Å². The third-order valence-corrected chi connectivity index (χ3v) is 4.09. The molecule has 0 radical (unpaired) electrons. The van der Waals surface area contributed by atoms with Crippen LogP contribution in [0.1, 0.15) is 18.9 Å². The minimum Gasteiger partial charge on any atom is -0.392 e. The van der Waals surface area contributed by atoms with Crippen molar-refractivity contribution in [2.45, 2.75) is 32.0 Å². The lowest BCUT2D eigenvalue weighted by Gasteiger charge is -2.17. The molecule has 0 bridgehead atoms. The Balaban J connectivity index is 2.03. The largest absolute Gasteiger partial charge is 0.392 e. The molecule has 94 valence electrons. The Hall–Kier alpha value is -0.280. The van der Waals surface area contributed by atoms with E-state index in [1.165, 1.54) is 0 Å². The molecule has 1 heterocycles. The minimum atomic E-state index is -0.420. The SMILES string of the molecule is CC1CC(C(O)Cc2cccc(Cl)c2Cl)CO1. The molecule has 0 aromatic heterocycles. The van der Waals surface area contributed by atoms with Crippen molar-refractivity contribution in [3.63, 3.8) is 0 Å². The molecule has 0 spiro atoms. The van der Waals surface area contributed by atoms with E-state index < -0.39 is 6.10 Å². The zero-order valence-corrected chi connectivity index (χ0v) is 11.2. The van der Waals surface area contributed by atoms with Gasteiger partial charge in [0.15, 0.2) is 0 Å². The van der Waals surface area contributed by atoms with Gasteiger partial charge in [0.25, 0.3) is 0 Å². The smallest absolute Gasteiger partial charge is 0.0632 e. The summed E-state index contributed by atoms with van der Waals surface area (Å²) in [6.07, 6.45) is 1.25. The number of ether oxygens (including phenoxy) is 1. The first kappa shape index (κ1) is 13.2. The number of halogens is 2. The number of hydrogen-bond donors (Lipinski definition) is 1. The molecule has 3 atom stereocenters. The van der Waals surface area contributed by atoms with Gasteiger partial charge in [-0.1, -0.05) is 35.3 Å². The van der Waals surface area contributed by atoms with Crippen LogP contribution in [0.2, 0.25) is 10.0 Å². The van der Waals surface area contributed by atoms with Crippen LogP contribution in [0.5, 0.6) is 0 Å². The fraction of sp³-hybridized carbons (Fsp3) is 0.538.